The second-order valence-electron chi connectivity index (χ2n) is 15.9. The zero-order valence-corrected chi connectivity index (χ0v) is 34.1. The number of benzene rings is 9. The molecule has 11 rings (SSSR count). The molecule has 0 saturated carbocycles. The van der Waals surface area contributed by atoms with Crippen molar-refractivity contribution in [2.45, 2.75) is 12.0 Å². The topological polar surface area (TPSA) is 55.7 Å². The molecule has 0 fully saturated rings. The summed E-state index contributed by atoms with van der Waals surface area (Å²) in [5, 5.41) is 2.44. The average Bonchev–Trinajstić information content (AvgIpc) is 3.85. The molecule has 0 bridgehead atoms. The molecule has 9 aromatic carbocycles. The smallest absolute Gasteiger partial charge is 0.157 e. The van der Waals surface area contributed by atoms with Crippen LogP contribution in [0.15, 0.2) is 241 Å². The molecule has 1 heterocycles. The van der Waals surface area contributed by atoms with Crippen LogP contribution >= 0.6 is 0 Å². The van der Waals surface area contributed by atoms with Crippen LogP contribution in [-0.2, 0) is 12.0 Å². The lowest BCUT2D eigenvalue weighted by atomic mass is 9.67. The molecule has 1 aliphatic carbocycles. The third kappa shape index (κ3) is 6.15. The lowest BCUT2D eigenvalue weighted by Gasteiger charge is -2.33. The molecule has 1 aliphatic rings. The lowest BCUT2D eigenvalue weighted by Crippen LogP contribution is -2.28. The van der Waals surface area contributed by atoms with E-state index in [1.54, 1.807) is 0 Å². The Kier molecular flexibility index (Phi) is 9.24. The Bertz CT molecular complexity index is 3250. The minimum Gasteiger partial charge on any atom is -0.383 e. The van der Waals surface area contributed by atoms with Crippen molar-refractivity contribution in [3.8, 4) is 27.9 Å². The summed E-state index contributed by atoms with van der Waals surface area (Å²) in [6.45, 7) is 0.473. The largest absolute Gasteiger partial charge is 0.383 e. The Morgan fingerprint density at radius 3 is 1.81 bits per heavy atom. The number of amidine groups is 2. The Balaban J connectivity index is 1.03. The molecule has 0 aliphatic heterocycles. The second kappa shape index (κ2) is 15.5. The molecule has 0 radical (unpaired) electrons. The van der Waals surface area contributed by atoms with Gasteiger partial charge in [0, 0.05) is 27.6 Å². The summed E-state index contributed by atoms with van der Waals surface area (Å²) in [6, 6.07) is 81.9. The molecular weight excluding hydrogens is 753 g/mol. The lowest BCUT2D eigenvalue weighted by molar-refractivity contribution is 0.769. The van der Waals surface area contributed by atoms with Gasteiger partial charge in [0.25, 0.3) is 0 Å². The monoisotopic (exact) mass is 794 g/mol. The van der Waals surface area contributed by atoms with Gasteiger partial charge in [0.05, 0.1) is 23.0 Å². The van der Waals surface area contributed by atoms with Gasteiger partial charge in [-0.1, -0.05) is 206 Å². The fourth-order valence-corrected chi connectivity index (χ4v) is 9.63. The van der Waals surface area contributed by atoms with E-state index in [0.717, 1.165) is 33.4 Å². The first-order valence-electron chi connectivity index (χ1n) is 21.2. The number of nitrogens with two attached hydrogens (primary N) is 1. The van der Waals surface area contributed by atoms with E-state index >= 15 is 0 Å². The number of nitrogens with zero attached hydrogens (tertiary/aromatic N) is 3. The van der Waals surface area contributed by atoms with E-state index in [1.165, 1.54) is 55.3 Å². The van der Waals surface area contributed by atoms with Crippen molar-refractivity contribution < 1.29 is 0 Å². The van der Waals surface area contributed by atoms with Crippen LogP contribution in [0.3, 0.4) is 0 Å². The number of aliphatic imine (C=N–C) groups is 2. The number of hydrogen-bond acceptors (Lipinski definition) is 1. The summed E-state index contributed by atoms with van der Waals surface area (Å²) in [6.07, 6.45) is 0. The summed E-state index contributed by atoms with van der Waals surface area (Å²) in [5.41, 5.74) is 22.6. The molecule has 294 valence electrons. The van der Waals surface area contributed by atoms with Crippen LogP contribution in [-0.4, -0.2) is 16.2 Å². The Morgan fingerprint density at radius 1 is 0.484 bits per heavy atom. The molecule has 2 N–H and O–H groups in total. The van der Waals surface area contributed by atoms with E-state index in [4.69, 9.17) is 15.7 Å². The average molecular weight is 795 g/mol. The maximum atomic E-state index is 6.96. The van der Waals surface area contributed by atoms with Crippen LogP contribution in [0.5, 0.6) is 0 Å². The SMILES string of the molecule is N/C(=N\C(=N/Cc1ccc(-c2ccccc2)cc1)c1ccccc1)c1cccc(-n2c3ccccc3c3c4c(ccc32)C(c2ccccc2)(c2ccccc2)c2ccccc2-4)c1. The van der Waals surface area contributed by atoms with E-state index in [9.17, 15) is 0 Å². The van der Waals surface area contributed by atoms with Gasteiger partial charge >= 0.3 is 0 Å². The number of fused-ring (bicyclic) bond motifs is 7. The van der Waals surface area contributed by atoms with E-state index in [2.05, 4.69) is 193 Å². The van der Waals surface area contributed by atoms with Crippen molar-refractivity contribution in [2.75, 3.05) is 0 Å². The number of aromatic nitrogens is 1. The highest BCUT2D eigenvalue weighted by Gasteiger charge is 2.47. The van der Waals surface area contributed by atoms with Crippen LogP contribution in [0.1, 0.15) is 38.9 Å². The van der Waals surface area contributed by atoms with E-state index in [-0.39, 0.29) is 0 Å². The zero-order valence-electron chi connectivity index (χ0n) is 34.1. The molecule has 0 atom stereocenters. The molecule has 10 aromatic rings. The van der Waals surface area contributed by atoms with Crippen LogP contribution in [0.25, 0.3) is 49.7 Å². The highest BCUT2D eigenvalue weighted by atomic mass is 15.0. The molecule has 0 spiro atoms. The summed E-state index contributed by atoms with van der Waals surface area (Å²) in [5.74, 6) is 0.993. The molecule has 0 unspecified atom stereocenters. The highest BCUT2D eigenvalue weighted by Crippen LogP contribution is 2.58. The summed E-state index contributed by atoms with van der Waals surface area (Å²) < 4.78 is 2.38. The van der Waals surface area contributed by atoms with Crippen molar-refractivity contribution in [1.82, 2.24) is 4.57 Å². The normalized spacial score (nSPS) is 13.3. The maximum absolute atomic E-state index is 6.96. The van der Waals surface area contributed by atoms with Gasteiger partial charge in [0.2, 0.25) is 0 Å². The van der Waals surface area contributed by atoms with Gasteiger partial charge in [0.15, 0.2) is 5.84 Å². The standard InChI is InChI=1S/C58H42N4/c59-56(61-57(43-20-7-2-8-21-43)60-39-40-32-34-42(35-33-40)41-18-5-1-6-19-41)44-22-17-27-47(38-44)62-52-31-16-14-29-49(52)55-53(62)37-36-51-54(55)48-28-13-15-30-50(48)58(51,45-23-9-3-10-24-45)46-25-11-4-12-26-46/h1-38H,39H2,(H2,59,60,61). The van der Waals surface area contributed by atoms with Gasteiger partial charge < -0.3 is 10.3 Å². The highest BCUT2D eigenvalue weighted by molar-refractivity contribution is 6.18. The number of hydrogen-bond donors (Lipinski definition) is 1. The van der Waals surface area contributed by atoms with Gasteiger partial charge in [-0.15, -0.1) is 0 Å². The molecular formula is C58H42N4. The van der Waals surface area contributed by atoms with Crippen molar-refractivity contribution in [3.63, 3.8) is 0 Å². The maximum Gasteiger partial charge on any atom is 0.157 e. The minimum atomic E-state index is -0.486. The van der Waals surface area contributed by atoms with Crippen molar-refractivity contribution >= 4 is 33.5 Å². The molecule has 0 saturated heterocycles. The second-order valence-corrected chi connectivity index (χ2v) is 15.9. The van der Waals surface area contributed by atoms with E-state index in [0.29, 0.717) is 18.2 Å². The Morgan fingerprint density at radius 2 is 1.08 bits per heavy atom. The predicted octanol–water partition coefficient (Wildman–Crippen LogP) is 13.2. The first-order chi connectivity index (χ1) is 30.7. The van der Waals surface area contributed by atoms with Gasteiger partial charge in [-0.05, 0) is 74.3 Å². The molecule has 4 heteroatoms. The van der Waals surface area contributed by atoms with Gasteiger partial charge in [-0.3, -0.25) is 4.99 Å². The van der Waals surface area contributed by atoms with Gasteiger partial charge in [0.1, 0.15) is 5.84 Å². The van der Waals surface area contributed by atoms with Gasteiger partial charge in [-0.2, -0.15) is 0 Å². The summed E-state index contributed by atoms with van der Waals surface area (Å²) in [4.78, 5) is 10.1. The summed E-state index contributed by atoms with van der Waals surface area (Å²) >= 11 is 0. The number of para-hydroxylation sites is 1. The predicted molar refractivity (Wildman–Crippen MR) is 257 cm³/mol. The third-order valence-electron chi connectivity index (χ3n) is 12.4. The minimum absolute atomic E-state index is 0.403. The molecule has 4 nitrogen and oxygen atoms in total. The van der Waals surface area contributed by atoms with Gasteiger partial charge in [-0.25, -0.2) is 4.99 Å². The molecule has 62 heavy (non-hydrogen) atoms. The van der Waals surface area contributed by atoms with Crippen LogP contribution in [0.2, 0.25) is 0 Å². The third-order valence-corrected chi connectivity index (χ3v) is 12.4. The molecule has 0 amide bonds. The zero-order chi connectivity index (χ0) is 41.5. The Labute approximate surface area is 361 Å². The number of rotatable bonds is 8. The van der Waals surface area contributed by atoms with Crippen molar-refractivity contribution in [3.05, 3.63) is 269 Å². The van der Waals surface area contributed by atoms with E-state index < -0.39 is 5.41 Å². The van der Waals surface area contributed by atoms with E-state index in [1.807, 2.05) is 42.5 Å². The first-order valence-corrected chi connectivity index (χ1v) is 21.2. The van der Waals surface area contributed by atoms with Crippen LogP contribution in [0, 0.1) is 0 Å². The molecule has 1 aromatic heterocycles. The fraction of sp³-hybridized carbons (Fsp3) is 0.0345. The van der Waals surface area contributed by atoms with Crippen LogP contribution in [0.4, 0.5) is 0 Å². The first kappa shape index (κ1) is 37.0. The summed E-state index contributed by atoms with van der Waals surface area (Å²) in [7, 11) is 0. The van der Waals surface area contributed by atoms with Crippen molar-refractivity contribution in [1.29, 1.82) is 0 Å². The van der Waals surface area contributed by atoms with Crippen molar-refractivity contribution in [2.24, 2.45) is 15.7 Å². The quantitative estimate of drug-likeness (QED) is 0.121. The fourth-order valence-electron chi connectivity index (χ4n) is 9.63. The van der Waals surface area contributed by atoms with Crippen LogP contribution < -0.4 is 5.73 Å². The Hall–Kier alpha value is -8.08.